The first-order valence-corrected chi connectivity index (χ1v) is 6.17. The van der Waals surface area contributed by atoms with Crippen LogP contribution >= 0.6 is 0 Å². The molecule has 0 spiro atoms. The van der Waals surface area contributed by atoms with Crippen LogP contribution in [0.1, 0.15) is 46.0 Å². The Bertz CT molecular complexity index is 292. The molecule has 0 aliphatic heterocycles. The van der Waals surface area contributed by atoms with Crippen molar-refractivity contribution in [1.29, 1.82) is 0 Å². The zero-order valence-electron chi connectivity index (χ0n) is 11.0. The predicted octanol–water partition coefficient (Wildman–Crippen LogP) is 0.662. The van der Waals surface area contributed by atoms with Crippen molar-refractivity contribution in [2.75, 3.05) is 6.54 Å². The molecule has 0 aromatic heterocycles. The van der Waals surface area contributed by atoms with E-state index in [9.17, 15) is 14.4 Å². The van der Waals surface area contributed by atoms with Crippen molar-refractivity contribution in [3.8, 4) is 0 Å². The molecule has 0 aromatic rings. The minimum Gasteiger partial charge on any atom is -0.481 e. The minimum atomic E-state index is -0.918. The molecule has 1 unspecified atom stereocenters. The molecular formula is C12H22N2O4. The summed E-state index contributed by atoms with van der Waals surface area (Å²) in [7, 11) is 0. The lowest BCUT2D eigenvalue weighted by molar-refractivity contribution is -0.137. The molecule has 6 heteroatoms. The highest BCUT2D eigenvalue weighted by Crippen LogP contribution is 2.00. The third-order valence-corrected chi connectivity index (χ3v) is 2.34. The lowest BCUT2D eigenvalue weighted by Crippen LogP contribution is -2.33. The highest BCUT2D eigenvalue weighted by molar-refractivity contribution is 5.77. The fourth-order valence-electron chi connectivity index (χ4n) is 1.51. The molecule has 0 aromatic carbocycles. The van der Waals surface area contributed by atoms with Crippen molar-refractivity contribution in [3.05, 3.63) is 0 Å². The second-order valence-electron chi connectivity index (χ2n) is 4.36. The van der Waals surface area contributed by atoms with Gasteiger partial charge in [-0.3, -0.25) is 14.4 Å². The number of aliphatic carboxylic acids is 1. The smallest absolute Gasteiger partial charge is 0.305 e. The van der Waals surface area contributed by atoms with Gasteiger partial charge in [-0.25, -0.2) is 0 Å². The van der Waals surface area contributed by atoms with Crippen LogP contribution in [0.3, 0.4) is 0 Å². The van der Waals surface area contributed by atoms with E-state index in [-0.39, 0.29) is 24.3 Å². The molecule has 18 heavy (non-hydrogen) atoms. The summed E-state index contributed by atoms with van der Waals surface area (Å²) in [5, 5.41) is 13.8. The van der Waals surface area contributed by atoms with Gasteiger partial charge in [-0.05, 0) is 19.8 Å². The number of unbranched alkanes of at least 4 members (excludes halogenated alkanes) is 2. The molecule has 104 valence electrons. The molecular weight excluding hydrogens is 236 g/mol. The van der Waals surface area contributed by atoms with Crippen LogP contribution in [0.5, 0.6) is 0 Å². The maximum atomic E-state index is 11.4. The predicted molar refractivity (Wildman–Crippen MR) is 67.0 cm³/mol. The highest BCUT2D eigenvalue weighted by Gasteiger charge is 2.10. The molecule has 0 aliphatic rings. The molecule has 0 saturated carbocycles. The fraction of sp³-hybridized carbons (Fsp3) is 0.750. The Labute approximate surface area is 107 Å². The average molecular weight is 258 g/mol. The first-order chi connectivity index (χ1) is 8.41. The number of carbonyl (C=O) groups is 3. The van der Waals surface area contributed by atoms with E-state index in [2.05, 4.69) is 10.6 Å². The zero-order valence-corrected chi connectivity index (χ0v) is 11.0. The molecule has 3 N–H and O–H groups in total. The number of nitrogens with one attached hydrogen (secondary N) is 2. The summed E-state index contributed by atoms with van der Waals surface area (Å²) in [4.78, 5) is 32.4. The lowest BCUT2D eigenvalue weighted by Gasteiger charge is -2.11. The topological polar surface area (TPSA) is 95.5 Å². The number of hydrogen-bond donors (Lipinski definition) is 3. The SMILES string of the molecule is CC(=O)NCCCCCC(=O)NC(C)CC(=O)O. The van der Waals surface area contributed by atoms with E-state index in [1.807, 2.05) is 0 Å². The maximum Gasteiger partial charge on any atom is 0.305 e. The van der Waals surface area contributed by atoms with Gasteiger partial charge in [-0.1, -0.05) is 6.42 Å². The van der Waals surface area contributed by atoms with Gasteiger partial charge in [0.15, 0.2) is 0 Å². The van der Waals surface area contributed by atoms with Gasteiger partial charge in [0.05, 0.1) is 6.42 Å². The third kappa shape index (κ3) is 10.9. The monoisotopic (exact) mass is 258 g/mol. The quantitative estimate of drug-likeness (QED) is 0.529. The highest BCUT2D eigenvalue weighted by atomic mass is 16.4. The van der Waals surface area contributed by atoms with Crippen molar-refractivity contribution >= 4 is 17.8 Å². The van der Waals surface area contributed by atoms with E-state index < -0.39 is 5.97 Å². The van der Waals surface area contributed by atoms with Crippen molar-refractivity contribution in [1.82, 2.24) is 10.6 Å². The first-order valence-electron chi connectivity index (χ1n) is 6.17. The Morgan fingerprint density at radius 3 is 2.39 bits per heavy atom. The van der Waals surface area contributed by atoms with Crippen LogP contribution in [-0.2, 0) is 14.4 Å². The van der Waals surface area contributed by atoms with Gasteiger partial charge in [-0.15, -0.1) is 0 Å². The minimum absolute atomic E-state index is 0.0461. The summed E-state index contributed by atoms with van der Waals surface area (Å²) in [5.41, 5.74) is 0. The van der Waals surface area contributed by atoms with Crippen LogP contribution in [-0.4, -0.2) is 35.5 Å². The van der Waals surface area contributed by atoms with Crippen molar-refractivity contribution in [3.63, 3.8) is 0 Å². The number of carboxylic acids is 1. The van der Waals surface area contributed by atoms with Gasteiger partial charge in [-0.2, -0.15) is 0 Å². The molecule has 2 amide bonds. The molecule has 0 fully saturated rings. The van der Waals surface area contributed by atoms with E-state index in [0.717, 1.165) is 19.3 Å². The Balaban J connectivity index is 3.47. The van der Waals surface area contributed by atoms with Crippen molar-refractivity contribution in [2.24, 2.45) is 0 Å². The van der Waals surface area contributed by atoms with E-state index in [1.54, 1.807) is 6.92 Å². The fourth-order valence-corrected chi connectivity index (χ4v) is 1.51. The standard InChI is InChI=1S/C12H22N2O4/c1-9(8-12(17)18)14-11(16)6-4-3-5-7-13-10(2)15/h9H,3-8H2,1-2H3,(H,13,15)(H,14,16)(H,17,18). The summed E-state index contributed by atoms with van der Waals surface area (Å²) in [6, 6.07) is -0.339. The van der Waals surface area contributed by atoms with Gasteiger partial charge in [0, 0.05) is 25.9 Å². The van der Waals surface area contributed by atoms with Crippen LogP contribution in [0, 0.1) is 0 Å². The summed E-state index contributed by atoms with van der Waals surface area (Å²) in [6.07, 6.45) is 2.78. The van der Waals surface area contributed by atoms with E-state index in [0.29, 0.717) is 13.0 Å². The molecule has 0 radical (unpaired) electrons. The Morgan fingerprint density at radius 2 is 1.83 bits per heavy atom. The second-order valence-corrected chi connectivity index (χ2v) is 4.36. The summed E-state index contributed by atoms with van der Waals surface area (Å²) in [5.74, 6) is -1.09. The number of carboxylic acid groups (broad SMARTS) is 1. The van der Waals surface area contributed by atoms with Crippen molar-refractivity contribution in [2.45, 2.75) is 52.0 Å². The molecule has 0 rings (SSSR count). The van der Waals surface area contributed by atoms with Gasteiger partial charge in [0.2, 0.25) is 11.8 Å². The van der Waals surface area contributed by atoms with Crippen LogP contribution in [0.15, 0.2) is 0 Å². The van der Waals surface area contributed by atoms with Crippen LogP contribution in [0.25, 0.3) is 0 Å². The summed E-state index contributed by atoms with van der Waals surface area (Å²) in [6.45, 7) is 3.77. The number of carbonyl (C=O) groups excluding carboxylic acids is 2. The van der Waals surface area contributed by atoms with Gasteiger partial charge >= 0.3 is 5.97 Å². The number of rotatable bonds is 9. The average Bonchev–Trinajstić information content (AvgIpc) is 2.21. The lowest BCUT2D eigenvalue weighted by atomic mass is 10.1. The van der Waals surface area contributed by atoms with Gasteiger partial charge in [0.1, 0.15) is 0 Å². The normalized spacial score (nSPS) is 11.7. The van der Waals surface area contributed by atoms with E-state index >= 15 is 0 Å². The van der Waals surface area contributed by atoms with Crippen LogP contribution < -0.4 is 10.6 Å². The zero-order chi connectivity index (χ0) is 14.0. The first kappa shape index (κ1) is 16.4. The van der Waals surface area contributed by atoms with Gasteiger partial charge < -0.3 is 15.7 Å². The van der Waals surface area contributed by atoms with Crippen LogP contribution in [0.2, 0.25) is 0 Å². The molecule has 1 atom stereocenters. The van der Waals surface area contributed by atoms with Gasteiger partial charge in [0.25, 0.3) is 0 Å². The number of hydrogen-bond acceptors (Lipinski definition) is 3. The molecule has 6 nitrogen and oxygen atoms in total. The Kier molecular flexibility index (Phi) is 8.61. The molecule has 0 aliphatic carbocycles. The van der Waals surface area contributed by atoms with E-state index in [1.165, 1.54) is 6.92 Å². The largest absolute Gasteiger partial charge is 0.481 e. The molecule has 0 bridgehead atoms. The molecule has 0 saturated heterocycles. The van der Waals surface area contributed by atoms with Crippen LogP contribution in [0.4, 0.5) is 0 Å². The summed E-state index contributed by atoms with van der Waals surface area (Å²) < 4.78 is 0. The third-order valence-electron chi connectivity index (χ3n) is 2.34. The van der Waals surface area contributed by atoms with E-state index in [4.69, 9.17) is 5.11 Å². The van der Waals surface area contributed by atoms with Crippen molar-refractivity contribution < 1.29 is 19.5 Å². The number of amides is 2. The Morgan fingerprint density at radius 1 is 1.17 bits per heavy atom. The Hall–Kier alpha value is -1.59. The second kappa shape index (κ2) is 9.44. The summed E-state index contributed by atoms with van der Waals surface area (Å²) >= 11 is 0. The molecule has 0 heterocycles. The maximum absolute atomic E-state index is 11.4.